The number of hydrogen-bond acceptors (Lipinski definition) is 3. The van der Waals surface area contributed by atoms with E-state index in [9.17, 15) is 18.0 Å². The summed E-state index contributed by atoms with van der Waals surface area (Å²) in [6.45, 7) is 5.24. The maximum absolute atomic E-state index is 12.9. The Hall–Kier alpha value is -3.07. The zero-order valence-electron chi connectivity index (χ0n) is 20.5. The van der Waals surface area contributed by atoms with Crippen molar-refractivity contribution in [1.82, 2.24) is 9.80 Å². The van der Waals surface area contributed by atoms with E-state index in [1.165, 1.54) is 12.1 Å². The lowest BCUT2D eigenvalue weighted by Gasteiger charge is -2.36. The van der Waals surface area contributed by atoms with Crippen LogP contribution in [0.2, 0.25) is 5.02 Å². The molecule has 2 amide bonds. The van der Waals surface area contributed by atoms with Crippen molar-refractivity contribution in [3.8, 4) is 0 Å². The summed E-state index contributed by atoms with van der Waals surface area (Å²) >= 11 is 6.06. The molecular formula is C28H29ClF3N3O2. The maximum atomic E-state index is 12.9. The lowest BCUT2D eigenvalue weighted by atomic mass is 10.1. The third-order valence-corrected chi connectivity index (χ3v) is 6.61. The average Bonchev–Trinajstić information content (AvgIpc) is 2.88. The molecule has 196 valence electrons. The van der Waals surface area contributed by atoms with Gasteiger partial charge >= 0.3 is 12.2 Å². The van der Waals surface area contributed by atoms with E-state index in [0.717, 1.165) is 28.9 Å². The predicted octanol–water partition coefficient (Wildman–Crippen LogP) is 6.77. The number of ether oxygens (including phenoxy) is 1. The quantitative estimate of drug-likeness (QED) is 0.366. The van der Waals surface area contributed by atoms with Gasteiger partial charge in [-0.25, -0.2) is 4.79 Å². The molecule has 0 radical (unpaired) electrons. The Labute approximate surface area is 219 Å². The molecule has 1 fully saturated rings. The van der Waals surface area contributed by atoms with Crippen LogP contribution in [-0.2, 0) is 17.5 Å². The van der Waals surface area contributed by atoms with Crippen molar-refractivity contribution in [2.24, 2.45) is 0 Å². The van der Waals surface area contributed by atoms with E-state index in [-0.39, 0.29) is 18.7 Å². The molecule has 1 heterocycles. The van der Waals surface area contributed by atoms with Crippen molar-refractivity contribution in [2.75, 3.05) is 38.0 Å². The molecular weight excluding hydrogens is 503 g/mol. The smallest absolute Gasteiger partial charge is 0.368 e. The summed E-state index contributed by atoms with van der Waals surface area (Å²) in [5.41, 5.74) is 2.79. The van der Waals surface area contributed by atoms with Crippen molar-refractivity contribution in [3.05, 3.63) is 100 Å². The topological polar surface area (TPSA) is 44.8 Å². The molecule has 1 N–H and O–H groups in total. The molecule has 1 aliphatic heterocycles. The van der Waals surface area contributed by atoms with Gasteiger partial charge in [-0.2, -0.15) is 13.2 Å². The molecule has 0 bridgehead atoms. The highest BCUT2D eigenvalue weighted by atomic mass is 35.5. The molecule has 0 aromatic heterocycles. The van der Waals surface area contributed by atoms with Crippen LogP contribution in [-0.4, -0.2) is 48.6 Å². The van der Waals surface area contributed by atoms with E-state index in [0.29, 0.717) is 43.3 Å². The molecule has 1 saturated heterocycles. The first-order valence-electron chi connectivity index (χ1n) is 12.1. The van der Waals surface area contributed by atoms with Gasteiger partial charge < -0.3 is 15.0 Å². The molecule has 1 aliphatic rings. The van der Waals surface area contributed by atoms with E-state index >= 15 is 0 Å². The van der Waals surface area contributed by atoms with Crippen molar-refractivity contribution >= 4 is 23.3 Å². The summed E-state index contributed by atoms with van der Waals surface area (Å²) < 4.78 is 44.8. The first kappa shape index (κ1) is 27.0. The number of carbonyl (C=O) groups is 1. The number of amides is 2. The Morgan fingerprint density at radius 3 is 2.16 bits per heavy atom. The summed E-state index contributed by atoms with van der Waals surface area (Å²) in [7, 11) is 0. The standard InChI is InChI=1S/C28H29ClF3N3O2/c1-20-2-12-25(13-3-20)33-27(36)35-16-14-34(15-17-35)18-26(22-6-10-24(29)11-7-22)37-19-21-4-8-23(9-5-21)28(30,31)32/h2-13,26H,14-19H2,1H3,(H,33,36)/t26-/m0/s1. The van der Waals surface area contributed by atoms with Crippen molar-refractivity contribution < 1.29 is 22.7 Å². The largest absolute Gasteiger partial charge is 0.416 e. The van der Waals surface area contributed by atoms with E-state index in [2.05, 4.69) is 10.2 Å². The number of aryl methyl sites for hydroxylation is 1. The molecule has 37 heavy (non-hydrogen) atoms. The number of anilines is 1. The number of piperazine rings is 1. The Morgan fingerprint density at radius 2 is 1.57 bits per heavy atom. The fourth-order valence-electron chi connectivity index (χ4n) is 4.13. The van der Waals surface area contributed by atoms with Gasteiger partial charge in [-0.3, -0.25) is 4.90 Å². The van der Waals surface area contributed by atoms with Gasteiger partial charge in [-0.05, 0) is 54.4 Å². The highest BCUT2D eigenvalue weighted by Gasteiger charge is 2.30. The highest BCUT2D eigenvalue weighted by molar-refractivity contribution is 6.30. The number of hydrogen-bond donors (Lipinski definition) is 1. The van der Waals surface area contributed by atoms with E-state index in [1.54, 1.807) is 17.0 Å². The van der Waals surface area contributed by atoms with Crippen molar-refractivity contribution in [2.45, 2.75) is 25.8 Å². The second-order valence-corrected chi connectivity index (χ2v) is 9.57. The molecule has 1 atom stereocenters. The SMILES string of the molecule is Cc1ccc(NC(=O)N2CCN(C[C@H](OCc3ccc(C(F)(F)F)cc3)c3ccc(Cl)cc3)CC2)cc1. The molecule has 0 saturated carbocycles. The van der Waals surface area contributed by atoms with Gasteiger partial charge in [0.25, 0.3) is 0 Å². The van der Waals surface area contributed by atoms with E-state index in [4.69, 9.17) is 16.3 Å². The van der Waals surface area contributed by atoms with Crippen molar-refractivity contribution in [3.63, 3.8) is 0 Å². The maximum Gasteiger partial charge on any atom is 0.416 e. The van der Waals surface area contributed by atoms with Gasteiger partial charge in [0.05, 0.1) is 18.3 Å². The number of nitrogens with zero attached hydrogens (tertiary/aromatic N) is 2. The average molecular weight is 532 g/mol. The van der Waals surface area contributed by atoms with E-state index in [1.807, 2.05) is 43.3 Å². The Morgan fingerprint density at radius 1 is 0.946 bits per heavy atom. The van der Waals surface area contributed by atoms with Crippen LogP contribution in [0.4, 0.5) is 23.7 Å². The summed E-state index contributed by atoms with van der Waals surface area (Å²) in [6, 6.07) is 19.9. The molecule has 0 aliphatic carbocycles. The van der Waals surface area contributed by atoms with Gasteiger partial charge in [0.2, 0.25) is 0 Å². The summed E-state index contributed by atoms with van der Waals surface area (Å²) in [6.07, 6.45) is -4.68. The van der Waals surface area contributed by atoms with Crippen LogP contribution >= 0.6 is 11.6 Å². The van der Waals surface area contributed by atoms with Crippen LogP contribution in [0, 0.1) is 6.92 Å². The minimum Gasteiger partial charge on any atom is -0.368 e. The number of carbonyl (C=O) groups excluding carboxylic acids is 1. The Bertz CT molecular complexity index is 1160. The summed E-state index contributed by atoms with van der Waals surface area (Å²) in [5.74, 6) is 0. The second-order valence-electron chi connectivity index (χ2n) is 9.13. The number of urea groups is 1. The van der Waals surface area contributed by atoms with Gasteiger partial charge in [0.1, 0.15) is 0 Å². The summed E-state index contributed by atoms with van der Waals surface area (Å²) in [5, 5.41) is 3.55. The minimum atomic E-state index is -4.37. The zero-order valence-corrected chi connectivity index (χ0v) is 21.2. The summed E-state index contributed by atoms with van der Waals surface area (Å²) in [4.78, 5) is 16.7. The van der Waals surface area contributed by atoms with Gasteiger partial charge in [0.15, 0.2) is 0 Å². The van der Waals surface area contributed by atoms with Crippen molar-refractivity contribution in [1.29, 1.82) is 0 Å². The molecule has 3 aromatic rings. The fraction of sp³-hybridized carbons (Fsp3) is 0.321. The number of benzene rings is 3. The zero-order chi connectivity index (χ0) is 26.4. The van der Waals surface area contributed by atoms with Crippen LogP contribution in [0.3, 0.4) is 0 Å². The Kier molecular flexibility index (Phi) is 8.74. The van der Waals surface area contributed by atoms with Crippen LogP contribution in [0.1, 0.15) is 28.4 Å². The predicted molar refractivity (Wildman–Crippen MR) is 139 cm³/mol. The third-order valence-electron chi connectivity index (χ3n) is 6.36. The minimum absolute atomic E-state index is 0.128. The second kappa shape index (κ2) is 12.0. The molecule has 9 heteroatoms. The highest BCUT2D eigenvalue weighted by Crippen LogP contribution is 2.30. The molecule has 0 spiro atoms. The lowest BCUT2D eigenvalue weighted by molar-refractivity contribution is -0.137. The number of alkyl halides is 3. The first-order chi connectivity index (χ1) is 17.7. The Balaban J connectivity index is 1.35. The molecule has 5 nitrogen and oxygen atoms in total. The van der Waals surface area contributed by atoms with Crippen LogP contribution in [0.5, 0.6) is 0 Å². The monoisotopic (exact) mass is 531 g/mol. The van der Waals surface area contributed by atoms with Gasteiger partial charge in [0, 0.05) is 43.4 Å². The lowest BCUT2D eigenvalue weighted by Crippen LogP contribution is -2.50. The molecule has 4 rings (SSSR count). The van der Waals surface area contributed by atoms with Gasteiger partial charge in [-0.1, -0.05) is 53.6 Å². The van der Waals surface area contributed by atoms with Crippen LogP contribution in [0.15, 0.2) is 72.8 Å². The first-order valence-corrected chi connectivity index (χ1v) is 12.4. The van der Waals surface area contributed by atoms with Crippen LogP contribution < -0.4 is 5.32 Å². The molecule has 0 unspecified atom stereocenters. The van der Waals surface area contributed by atoms with E-state index < -0.39 is 11.7 Å². The van der Waals surface area contributed by atoms with Gasteiger partial charge in [-0.15, -0.1) is 0 Å². The number of halogens is 4. The number of rotatable bonds is 7. The van der Waals surface area contributed by atoms with Crippen LogP contribution in [0.25, 0.3) is 0 Å². The molecule has 3 aromatic carbocycles. The third kappa shape index (κ3) is 7.71. The normalized spacial score (nSPS) is 15.4. The fourth-order valence-corrected chi connectivity index (χ4v) is 4.25. The number of nitrogens with one attached hydrogen (secondary N) is 1.